The summed E-state index contributed by atoms with van der Waals surface area (Å²) in [5.41, 5.74) is 0.180. The quantitative estimate of drug-likeness (QED) is 0.705. The van der Waals surface area contributed by atoms with Gasteiger partial charge in [-0.05, 0) is 37.8 Å². The topological polar surface area (TPSA) is 118 Å². The molecule has 2 aliphatic heterocycles. The summed E-state index contributed by atoms with van der Waals surface area (Å²) in [4.78, 5) is 27.4. The molecule has 9 nitrogen and oxygen atoms in total. The van der Waals surface area contributed by atoms with Crippen molar-refractivity contribution in [2.45, 2.75) is 31.5 Å². The molecule has 2 fully saturated rings. The van der Waals surface area contributed by atoms with Crippen LogP contribution in [-0.2, 0) is 9.53 Å². The van der Waals surface area contributed by atoms with Crippen LogP contribution in [0.2, 0.25) is 0 Å². The number of pyridine rings is 1. The molecule has 174 valence electrons. The van der Waals surface area contributed by atoms with E-state index in [2.05, 4.69) is 15.5 Å². The molecule has 1 unspecified atom stereocenters. The van der Waals surface area contributed by atoms with Crippen LogP contribution in [-0.4, -0.2) is 70.0 Å². The van der Waals surface area contributed by atoms with Crippen molar-refractivity contribution in [1.82, 2.24) is 15.0 Å². The lowest BCUT2D eigenvalue weighted by molar-refractivity contribution is -0.192. The lowest BCUT2D eigenvalue weighted by atomic mass is 9.78. The predicted molar refractivity (Wildman–Crippen MR) is 105 cm³/mol. The third-order valence-corrected chi connectivity index (χ3v) is 5.36. The zero-order valence-corrected chi connectivity index (χ0v) is 17.3. The summed E-state index contributed by atoms with van der Waals surface area (Å²) in [5, 5.41) is 14.3. The van der Waals surface area contributed by atoms with E-state index >= 15 is 0 Å². The van der Waals surface area contributed by atoms with E-state index in [0.717, 1.165) is 31.8 Å². The van der Waals surface area contributed by atoms with Crippen LogP contribution in [0.3, 0.4) is 0 Å². The van der Waals surface area contributed by atoms with Gasteiger partial charge in [-0.1, -0.05) is 11.2 Å². The second-order valence-electron chi connectivity index (χ2n) is 7.62. The number of aromatic nitrogens is 2. The van der Waals surface area contributed by atoms with Crippen LogP contribution in [0, 0.1) is 12.8 Å². The number of hydrogen-bond acceptors (Lipinski definition) is 7. The number of carboxylic acid groups (broad SMARTS) is 1. The number of carbonyl (C=O) groups is 2. The van der Waals surface area contributed by atoms with Crippen molar-refractivity contribution in [2.75, 3.05) is 31.6 Å². The zero-order valence-electron chi connectivity index (χ0n) is 17.3. The third-order valence-electron chi connectivity index (χ3n) is 5.36. The second-order valence-corrected chi connectivity index (χ2v) is 7.62. The van der Waals surface area contributed by atoms with Crippen LogP contribution in [0.4, 0.5) is 19.0 Å². The molecule has 1 atom stereocenters. The number of ether oxygens (including phenoxy) is 1. The SMILES string of the molecule is Cc1cc(C(=O)N2CC3(C2)OCCC3CCNc2ccccn2)no1.O=C(O)C(F)(F)F. The van der Waals surface area contributed by atoms with Crippen LogP contribution in [0.25, 0.3) is 0 Å². The van der Waals surface area contributed by atoms with E-state index in [4.69, 9.17) is 19.2 Å². The molecule has 1 spiro atoms. The van der Waals surface area contributed by atoms with Gasteiger partial charge in [-0.2, -0.15) is 13.2 Å². The molecule has 32 heavy (non-hydrogen) atoms. The summed E-state index contributed by atoms with van der Waals surface area (Å²) >= 11 is 0. The van der Waals surface area contributed by atoms with Gasteiger partial charge in [-0.15, -0.1) is 0 Å². The Balaban J connectivity index is 0.000000360. The number of carboxylic acids is 1. The average Bonchev–Trinajstić information content (AvgIpc) is 3.33. The van der Waals surface area contributed by atoms with Gasteiger partial charge in [0.15, 0.2) is 5.69 Å². The lowest BCUT2D eigenvalue weighted by Crippen LogP contribution is -2.66. The molecule has 2 aromatic rings. The maximum absolute atomic E-state index is 12.4. The molecule has 4 rings (SSSR count). The molecule has 1 amide bonds. The molecule has 0 radical (unpaired) electrons. The Hall–Kier alpha value is -3.15. The first-order valence-electron chi connectivity index (χ1n) is 9.92. The van der Waals surface area contributed by atoms with E-state index in [0.29, 0.717) is 30.5 Å². The smallest absolute Gasteiger partial charge is 0.475 e. The molecule has 12 heteroatoms. The average molecular weight is 456 g/mol. The van der Waals surface area contributed by atoms with Gasteiger partial charge >= 0.3 is 12.1 Å². The number of alkyl halides is 3. The highest BCUT2D eigenvalue weighted by molar-refractivity contribution is 5.93. The van der Waals surface area contributed by atoms with E-state index in [1.807, 2.05) is 18.2 Å². The van der Waals surface area contributed by atoms with Gasteiger partial charge in [0, 0.05) is 25.4 Å². The summed E-state index contributed by atoms with van der Waals surface area (Å²) in [6, 6.07) is 7.51. The highest BCUT2D eigenvalue weighted by Gasteiger charge is 2.54. The Morgan fingerprint density at radius 3 is 2.62 bits per heavy atom. The number of rotatable bonds is 5. The molecule has 0 bridgehead atoms. The van der Waals surface area contributed by atoms with Crippen molar-refractivity contribution in [1.29, 1.82) is 0 Å². The fraction of sp³-hybridized carbons (Fsp3) is 0.500. The van der Waals surface area contributed by atoms with Crippen molar-refractivity contribution in [2.24, 2.45) is 5.92 Å². The largest absolute Gasteiger partial charge is 0.490 e. The van der Waals surface area contributed by atoms with Crippen molar-refractivity contribution in [3.8, 4) is 0 Å². The fourth-order valence-corrected chi connectivity index (χ4v) is 3.76. The van der Waals surface area contributed by atoms with Gasteiger partial charge in [0.05, 0.1) is 13.1 Å². The molecule has 2 saturated heterocycles. The van der Waals surface area contributed by atoms with Gasteiger partial charge in [0.1, 0.15) is 17.2 Å². The molecular weight excluding hydrogens is 433 g/mol. The summed E-state index contributed by atoms with van der Waals surface area (Å²) in [7, 11) is 0. The number of aliphatic carboxylic acids is 1. The Kier molecular flexibility index (Phi) is 7.02. The number of halogens is 3. The van der Waals surface area contributed by atoms with Crippen molar-refractivity contribution in [3.63, 3.8) is 0 Å². The van der Waals surface area contributed by atoms with Gasteiger partial charge in [0.25, 0.3) is 5.91 Å². The van der Waals surface area contributed by atoms with E-state index < -0.39 is 12.1 Å². The predicted octanol–water partition coefficient (Wildman–Crippen LogP) is 2.74. The Labute approximate surface area is 181 Å². The number of nitrogens with one attached hydrogen (secondary N) is 1. The minimum atomic E-state index is -5.08. The zero-order chi connectivity index (χ0) is 23.4. The van der Waals surface area contributed by atoms with Crippen LogP contribution in [0.5, 0.6) is 0 Å². The maximum Gasteiger partial charge on any atom is 0.490 e. The van der Waals surface area contributed by atoms with Crippen LogP contribution in [0.1, 0.15) is 29.1 Å². The molecule has 0 aliphatic carbocycles. The molecule has 2 aliphatic rings. The van der Waals surface area contributed by atoms with E-state index in [9.17, 15) is 18.0 Å². The molecular formula is C20H23F3N4O5. The highest BCUT2D eigenvalue weighted by Crippen LogP contribution is 2.42. The standard InChI is InChI=1S/C18H22N4O3.C2HF3O2/c1-13-10-15(21-25-13)17(23)22-11-18(12-22)14(6-9-24-18)5-8-20-16-4-2-3-7-19-16;3-2(4,5)1(6)7/h2-4,7,10,14H,5-6,8-9,11-12H2,1H3,(H,19,20);(H,6,7). The first-order chi connectivity index (χ1) is 15.1. The Bertz CT molecular complexity index is 929. The van der Waals surface area contributed by atoms with Crippen LogP contribution in [0.15, 0.2) is 35.0 Å². The third kappa shape index (κ3) is 5.55. The summed E-state index contributed by atoms with van der Waals surface area (Å²) in [6.45, 7) is 4.66. The molecule has 4 heterocycles. The minimum Gasteiger partial charge on any atom is -0.475 e. The van der Waals surface area contributed by atoms with Gasteiger partial charge < -0.3 is 24.6 Å². The summed E-state index contributed by atoms with van der Waals surface area (Å²) < 4.78 is 42.8. The molecule has 2 aromatic heterocycles. The van der Waals surface area contributed by atoms with Crippen molar-refractivity contribution in [3.05, 3.63) is 41.9 Å². The minimum absolute atomic E-state index is 0.0802. The number of amides is 1. The maximum atomic E-state index is 12.4. The number of likely N-dealkylation sites (tertiary alicyclic amines) is 1. The fourth-order valence-electron chi connectivity index (χ4n) is 3.76. The van der Waals surface area contributed by atoms with E-state index in [-0.39, 0.29) is 11.5 Å². The first kappa shape index (κ1) is 23.5. The highest BCUT2D eigenvalue weighted by atomic mass is 19.4. The molecule has 0 saturated carbocycles. The summed E-state index contributed by atoms with van der Waals surface area (Å²) in [6.07, 6.45) is -1.26. The lowest BCUT2D eigenvalue weighted by Gasteiger charge is -2.50. The summed E-state index contributed by atoms with van der Waals surface area (Å²) in [5.74, 6) is -0.848. The van der Waals surface area contributed by atoms with Gasteiger partial charge in [-0.25, -0.2) is 9.78 Å². The first-order valence-corrected chi connectivity index (χ1v) is 9.92. The Morgan fingerprint density at radius 1 is 1.34 bits per heavy atom. The van der Waals surface area contributed by atoms with Crippen LogP contribution < -0.4 is 5.32 Å². The molecule has 0 aromatic carbocycles. The number of hydrogen-bond donors (Lipinski definition) is 2. The van der Waals surface area contributed by atoms with Crippen molar-refractivity contribution < 1.29 is 37.1 Å². The number of carbonyl (C=O) groups excluding carboxylic acids is 1. The van der Waals surface area contributed by atoms with Crippen LogP contribution >= 0.6 is 0 Å². The van der Waals surface area contributed by atoms with Gasteiger partial charge in [0.2, 0.25) is 0 Å². The number of anilines is 1. The molecule has 2 N–H and O–H groups in total. The normalized spacial score (nSPS) is 19.1. The number of aryl methyl sites for hydroxylation is 1. The van der Waals surface area contributed by atoms with E-state index in [1.165, 1.54) is 0 Å². The van der Waals surface area contributed by atoms with Gasteiger partial charge in [-0.3, -0.25) is 4.79 Å². The number of nitrogens with zero attached hydrogens (tertiary/aromatic N) is 3. The second kappa shape index (κ2) is 9.55. The Morgan fingerprint density at radius 2 is 2.06 bits per heavy atom. The van der Waals surface area contributed by atoms with Crippen molar-refractivity contribution >= 4 is 17.7 Å². The van der Waals surface area contributed by atoms with E-state index in [1.54, 1.807) is 24.1 Å². The monoisotopic (exact) mass is 456 g/mol.